The third-order valence-electron chi connectivity index (χ3n) is 5.90. The molecule has 2 heterocycles. The van der Waals surface area contributed by atoms with Crippen molar-refractivity contribution in [3.63, 3.8) is 0 Å². The number of methoxy groups -OCH3 is 1. The Balaban J connectivity index is 1.32. The van der Waals surface area contributed by atoms with E-state index in [0.717, 1.165) is 48.7 Å². The van der Waals surface area contributed by atoms with Gasteiger partial charge >= 0.3 is 0 Å². The van der Waals surface area contributed by atoms with Crippen LogP contribution in [0.1, 0.15) is 47.3 Å². The topological polar surface area (TPSA) is 79.9 Å². The van der Waals surface area contributed by atoms with Crippen LogP contribution in [0.2, 0.25) is 0 Å². The molecule has 4 rings (SSSR count). The molecule has 31 heavy (non-hydrogen) atoms. The highest BCUT2D eigenvalue weighted by atomic mass is 16.5. The summed E-state index contributed by atoms with van der Waals surface area (Å²) in [7, 11) is 1.66. The Labute approximate surface area is 182 Å². The second-order valence-corrected chi connectivity index (χ2v) is 8.02. The van der Waals surface area contributed by atoms with Crippen molar-refractivity contribution >= 4 is 11.8 Å². The molecule has 2 N–H and O–H groups in total. The van der Waals surface area contributed by atoms with Crippen molar-refractivity contribution in [3.05, 3.63) is 59.2 Å². The van der Waals surface area contributed by atoms with E-state index in [0.29, 0.717) is 12.1 Å². The van der Waals surface area contributed by atoms with Crippen molar-refractivity contribution in [2.45, 2.75) is 38.5 Å². The second-order valence-electron chi connectivity index (χ2n) is 8.02. The quantitative estimate of drug-likeness (QED) is 0.716. The van der Waals surface area contributed by atoms with Gasteiger partial charge in [0.15, 0.2) is 0 Å². The highest BCUT2D eigenvalue weighted by molar-refractivity contribution is 5.99. The molecule has 0 fully saturated rings. The number of nitrogens with one attached hydrogen (secondary N) is 2. The lowest BCUT2D eigenvalue weighted by Gasteiger charge is -2.23. The van der Waals surface area contributed by atoms with Crippen LogP contribution in [0.15, 0.2) is 42.5 Å². The van der Waals surface area contributed by atoms with E-state index in [9.17, 15) is 9.59 Å². The fourth-order valence-electron chi connectivity index (χ4n) is 4.21. The Bertz CT molecular complexity index is 962. The second kappa shape index (κ2) is 9.39. The summed E-state index contributed by atoms with van der Waals surface area (Å²) < 4.78 is 11.5. The van der Waals surface area contributed by atoms with Crippen molar-refractivity contribution in [3.8, 4) is 11.5 Å². The molecule has 0 saturated heterocycles. The smallest absolute Gasteiger partial charge is 0.252 e. The van der Waals surface area contributed by atoms with Crippen LogP contribution in [-0.4, -0.2) is 49.6 Å². The molecule has 2 aliphatic rings. The third-order valence-corrected chi connectivity index (χ3v) is 5.90. The predicted molar refractivity (Wildman–Crippen MR) is 117 cm³/mol. The number of carbonyl (C=O) groups is 2. The van der Waals surface area contributed by atoms with Gasteiger partial charge in [-0.1, -0.05) is 25.1 Å². The van der Waals surface area contributed by atoms with Crippen LogP contribution < -0.4 is 20.1 Å². The number of hydrogen-bond donors (Lipinski definition) is 2. The average molecular weight is 424 g/mol. The number of benzene rings is 2. The molecule has 2 aromatic rings. The van der Waals surface area contributed by atoms with Gasteiger partial charge < -0.3 is 20.1 Å². The first-order valence-corrected chi connectivity index (χ1v) is 10.8. The monoisotopic (exact) mass is 423 g/mol. The third kappa shape index (κ3) is 4.82. The van der Waals surface area contributed by atoms with Gasteiger partial charge in [0.2, 0.25) is 5.91 Å². The number of nitrogens with zero attached hydrogens (tertiary/aromatic N) is 1. The zero-order valence-corrected chi connectivity index (χ0v) is 18.0. The van der Waals surface area contributed by atoms with E-state index in [1.807, 2.05) is 36.4 Å². The van der Waals surface area contributed by atoms with E-state index in [4.69, 9.17) is 9.47 Å². The maximum absolute atomic E-state index is 12.5. The standard InChI is InChI=1S/C24H29N3O4/c1-3-17-15-27(14-16-12-18(30-2)8-9-22(16)31-17)11-10-25-23(28)13-21-19-6-4-5-7-20(19)24(29)26-21/h4-9,12,17,21H,3,10-11,13-15H2,1-2H3,(H,25,28)(H,26,29). The molecule has 0 bridgehead atoms. The zero-order valence-electron chi connectivity index (χ0n) is 18.0. The first-order valence-electron chi connectivity index (χ1n) is 10.8. The number of carbonyl (C=O) groups excluding carboxylic acids is 2. The van der Waals surface area contributed by atoms with Gasteiger partial charge in [0.05, 0.1) is 19.6 Å². The average Bonchev–Trinajstić information content (AvgIpc) is 2.98. The number of rotatable bonds is 7. The summed E-state index contributed by atoms with van der Waals surface area (Å²) >= 11 is 0. The van der Waals surface area contributed by atoms with Gasteiger partial charge in [0, 0.05) is 37.3 Å². The minimum absolute atomic E-state index is 0.0674. The van der Waals surface area contributed by atoms with E-state index in [1.165, 1.54) is 0 Å². The van der Waals surface area contributed by atoms with E-state index in [1.54, 1.807) is 13.2 Å². The summed E-state index contributed by atoms with van der Waals surface area (Å²) in [6.07, 6.45) is 1.26. The Hall–Kier alpha value is -3.06. The number of hydrogen-bond acceptors (Lipinski definition) is 5. The van der Waals surface area contributed by atoms with Gasteiger partial charge in [0.1, 0.15) is 17.6 Å². The highest BCUT2D eigenvalue weighted by Gasteiger charge is 2.29. The molecule has 2 aliphatic heterocycles. The summed E-state index contributed by atoms with van der Waals surface area (Å²) in [6, 6.07) is 13.1. The van der Waals surface area contributed by atoms with Crippen molar-refractivity contribution < 1.29 is 19.1 Å². The molecule has 0 radical (unpaired) electrons. The molecule has 2 atom stereocenters. The molecule has 2 amide bonds. The van der Waals surface area contributed by atoms with Crippen LogP contribution in [0.25, 0.3) is 0 Å². The molecule has 0 spiro atoms. The molecule has 2 aromatic carbocycles. The summed E-state index contributed by atoms with van der Waals surface area (Å²) in [6.45, 7) is 4.92. The number of amides is 2. The normalized spacial score (nSPS) is 20.1. The largest absolute Gasteiger partial charge is 0.497 e. The fourth-order valence-corrected chi connectivity index (χ4v) is 4.21. The van der Waals surface area contributed by atoms with E-state index in [-0.39, 0.29) is 30.4 Å². The number of ether oxygens (including phenoxy) is 2. The molecule has 164 valence electrons. The van der Waals surface area contributed by atoms with Gasteiger partial charge in [-0.15, -0.1) is 0 Å². The maximum atomic E-state index is 12.5. The minimum atomic E-state index is -0.265. The molecule has 7 heteroatoms. The van der Waals surface area contributed by atoms with Crippen LogP contribution >= 0.6 is 0 Å². The van der Waals surface area contributed by atoms with E-state index >= 15 is 0 Å². The van der Waals surface area contributed by atoms with Gasteiger partial charge in [-0.25, -0.2) is 0 Å². The zero-order chi connectivity index (χ0) is 21.8. The van der Waals surface area contributed by atoms with Crippen LogP contribution in [0.4, 0.5) is 0 Å². The number of fused-ring (bicyclic) bond motifs is 2. The Morgan fingerprint density at radius 2 is 2.13 bits per heavy atom. The van der Waals surface area contributed by atoms with Gasteiger partial charge in [-0.05, 0) is 36.2 Å². The lowest BCUT2D eigenvalue weighted by molar-refractivity contribution is -0.121. The summed E-state index contributed by atoms with van der Waals surface area (Å²) in [5, 5.41) is 5.90. The molecular weight excluding hydrogens is 394 g/mol. The highest BCUT2D eigenvalue weighted by Crippen LogP contribution is 2.30. The van der Waals surface area contributed by atoms with Crippen LogP contribution in [0.5, 0.6) is 11.5 Å². The molecule has 0 aromatic heterocycles. The summed E-state index contributed by atoms with van der Waals surface area (Å²) in [5.41, 5.74) is 2.64. The fraction of sp³-hybridized carbons (Fsp3) is 0.417. The Morgan fingerprint density at radius 3 is 2.94 bits per heavy atom. The molecular formula is C24H29N3O4. The van der Waals surface area contributed by atoms with Crippen molar-refractivity contribution in [1.29, 1.82) is 0 Å². The minimum Gasteiger partial charge on any atom is -0.497 e. The van der Waals surface area contributed by atoms with Crippen molar-refractivity contribution in [2.75, 3.05) is 26.7 Å². The van der Waals surface area contributed by atoms with Crippen LogP contribution in [-0.2, 0) is 11.3 Å². The Kier molecular flexibility index (Phi) is 6.42. The van der Waals surface area contributed by atoms with E-state index < -0.39 is 0 Å². The van der Waals surface area contributed by atoms with Crippen LogP contribution in [0.3, 0.4) is 0 Å². The van der Waals surface area contributed by atoms with E-state index in [2.05, 4.69) is 22.5 Å². The molecule has 0 aliphatic carbocycles. The maximum Gasteiger partial charge on any atom is 0.252 e. The lowest BCUT2D eigenvalue weighted by Crippen LogP contribution is -2.39. The SMILES string of the molecule is CCC1CN(CCNC(=O)CC2NC(=O)c3ccccc32)Cc2cc(OC)ccc2O1. The molecule has 0 saturated carbocycles. The lowest BCUT2D eigenvalue weighted by atomic mass is 10.0. The molecule has 2 unspecified atom stereocenters. The van der Waals surface area contributed by atoms with Gasteiger partial charge in [-0.3, -0.25) is 14.5 Å². The summed E-state index contributed by atoms with van der Waals surface area (Å²) in [5.74, 6) is 1.53. The van der Waals surface area contributed by atoms with Gasteiger partial charge in [-0.2, -0.15) is 0 Å². The Morgan fingerprint density at radius 1 is 1.29 bits per heavy atom. The first kappa shape index (κ1) is 21.2. The van der Waals surface area contributed by atoms with Crippen molar-refractivity contribution in [2.24, 2.45) is 0 Å². The molecule has 7 nitrogen and oxygen atoms in total. The predicted octanol–water partition coefficient (Wildman–Crippen LogP) is 2.66. The van der Waals surface area contributed by atoms with Crippen LogP contribution in [0, 0.1) is 0 Å². The van der Waals surface area contributed by atoms with Crippen molar-refractivity contribution in [1.82, 2.24) is 15.5 Å². The summed E-state index contributed by atoms with van der Waals surface area (Å²) in [4.78, 5) is 26.8. The van der Waals surface area contributed by atoms with Gasteiger partial charge in [0.25, 0.3) is 5.91 Å². The first-order chi connectivity index (χ1) is 15.1.